The van der Waals surface area contributed by atoms with Gasteiger partial charge >= 0.3 is 5.97 Å². The summed E-state index contributed by atoms with van der Waals surface area (Å²) >= 11 is 3.39. The second-order valence-corrected chi connectivity index (χ2v) is 5.41. The molecule has 0 atom stereocenters. The molecule has 5 heteroatoms. The molecule has 1 aromatic heterocycles. The standard InChI is InChI=1S/C16H11BrN2O2/c17-13-6-7-14-12(8-13)9-15(19-18-14)16(20)21-10-11-4-2-1-3-5-11/h1-9H,10H2. The number of benzene rings is 2. The summed E-state index contributed by atoms with van der Waals surface area (Å²) in [5.41, 5.74) is 1.87. The number of carbonyl (C=O) groups is 1. The molecule has 0 radical (unpaired) electrons. The fourth-order valence-electron chi connectivity index (χ4n) is 1.91. The maximum absolute atomic E-state index is 12.0. The van der Waals surface area contributed by atoms with Gasteiger partial charge in [-0.25, -0.2) is 4.79 Å². The van der Waals surface area contributed by atoms with Crippen LogP contribution in [-0.4, -0.2) is 16.2 Å². The van der Waals surface area contributed by atoms with Crippen LogP contribution in [0, 0.1) is 0 Å². The van der Waals surface area contributed by atoms with E-state index in [0.29, 0.717) is 0 Å². The highest BCUT2D eigenvalue weighted by molar-refractivity contribution is 9.10. The van der Waals surface area contributed by atoms with Crippen LogP contribution in [0.3, 0.4) is 0 Å². The van der Waals surface area contributed by atoms with E-state index < -0.39 is 5.97 Å². The van der Waals surface area contributed by atoms with Crippen molar-refractivity contribution in [2.75, 3.05) is 0 Å². The maximum Gasteiger partial charge on any atom is 0.359 e. The van der Waals surface area contributed by atoms with E-state index in [1.807, 2.05) is 48.5 Å². The maximum atomic E-state index is 12.0. The molecule has 0 unspecified atom stereocenters. The van der Waals surface area contributed by atoms with E-state index in [4.69, 9.17) is 4.74 Å². The normalized spacial score (nSPS) is 10.5. The van der Waals surface area contributed by atoms with E-state index in [-0.39, 0.29) is 12.3 Å². The summed E-state index contributed by atoms with van der Waals surface area (Å²) in [7, 11) is 0. The largest absolute Gasteiger partial charge is 0.456 e. The molecule has 0 aliphatic carbocycles. The van der Waals surface area contributed by atoms with Gasteiger partial charge in [-0.05, 0) is 29.8 Å². The molecule has 0 bridgehead atoms. The van der Waals surface area contributed by atoms with Crippen LogP contribution in [0.25, 0.3) is 10.9 Å². The summed E-state index contributed by atoms with van der Waals surface area (Å²) in [5.74, 6) is -0.478. The molecule has 3 aromatic rings. The minimum absolute atomic E-state index is 0.205. The lowest BCUT2D eigenvalue weighted by Crippen LogP contribution is -2.08. The summed E-state index contributed by atoms with van der Waals surface area (Å²) in [6.45, 7) is 0.220. The van der Waals surface area contributed by atoms with Gasteiger partial charge in [0.05, 0.1) is 5.52 Å². The average molecular weight is 343 g/mol. The van der Waals surface area contributed by atoms with Gasteiger partial charge in [-0.1, -0.05) is 46.3 Å². The van der Waals surface area contributed by atoms with Crippen LogP contribution in [0.1, 0.15) is 16.1 Å². The molecule has 0 aliphatic rings. The van der Waals surface area contributed by atoms with Crippen molar-refractivity contribution < 1.29 is 9.53 Å². The molecule has 0 saturated carbocycles. The third-order valence-corrected chi connectivity index (χ3v) is 3.46. The highest BCUT2D eigenvalue weighted by Crippen LogP contribution is 2.18. The number of hydrogen-bond acceptors (Lipinski definition) is 4. The van der Waals surface area contributed by atoms with Crippen LogP contribution in [0.2, 0.25) is 0 Å². The lowest BCUT2D eigenvalue weighted by atomic mass is 10.2. The van der Waals surface area contributed by atoms with Gasteiger partial charge in [-0.3, -0.25) is 0 Å². The van der Waals surface area contributed by atoms with Gasteiger partial charge in [0.1, 0.15) is 6.61 Å². The molecule has 0 N–H and O–H groups in total. The van der Waals surface area contributed by atoms with Crippen molar-refractivity contribution in [1.29, 1.82) is 0 Å². The van der Waals surface area contributed by atoms with E-state index >= 15 is 0 Å². The Kier molecular flexibility index (Phi) is 3.92. The van der Waals surface area contributed by atoms with E-state index in [2.05, 4.69) is 26.1 Å². The first kappa shape index (κ1) is 13.7. The molecule has 0 saturated heterocycles. The van der Waals surface area contributed by atoms with Crippen molar-refractivity contribution in [1.82, 2.24) is 10.2 Å². The summed E-state index contributed by atoms with van der Waals surface area (Å²) in [5, 5.41) is 8.77. The van der Waals surface area contributed by atoms with Crippen LogP contribution in [0.4, 0.5) is 0 Å². The van der Waals surface area contributed by atoms with Crippen molar-refractivity contribution >= 4 is 32.8 Å². The first-order valence-electron chi connectivity index (χ1n) is 6.36. The van der Waals surface area contributed by atoms with Gasteiger partial charge in [-0.2, -0.15) is 0 Å². The van der Waals surface area contributed by atoms with Gasteiger partial charge in [0, 0.05) is 9.86 Å². The quantitative estimate of drug-likeness (QED) is 0.680. The van der Waals surface area contributed by atoms with Crippen LogP contribution in [-0.2, 0) is 11.3 Å². The van der Waals surface area contributed by atoms with E-state index in [9.17, 15) is 4.79 Å². The zero-order valence-corrected chi connectivity index (χ0v) is 12.6. The first-order chi connectivity index (χ1) is 10.2. The molecular formula is C16H11BrN2O2. The Morgan fingerprint density at radius 3 is 2.67 bits per heavy atom. The topological polar surface area (TPSA) is 52.1 Å². The van der Waals surface area contributed by atoms with Gasteiger partial charge in [-0.15, -0.1) is 10.2 Å². The lowest BCUT2D eigenvalue weighted by molar-refractivity contribution is 0.0464. The minimum Gasteiger partial charge on any atom is -0.456 e. The number of ether oxygens (including phenoxy) is 1. The number of halogens is 1. The van der Waals surface area contributed by atoms with Crippen molar-refractivity contribution in [3.8, 4) is 0 Å². The SMILES string of the molecule is O=C(OCc1ccccc1)c1cc2cc(Br)ccc2nn1. The molecule has 2 aromatic carbocycles. The number of carbonyl (C=O) groups excluding carboxylic acids is 1. The monoisotopic (exact) mass is 342 g/mol. The third-order valence-electron chi connectivity index (χ3n) is 2.97. The molecule has 3 rings (SSSR count). The molecule has 104 valence electrons. The number of hydrogen-bond donors (Lipinski definition) is 0. The Hall–Kier alpha value is -2.27. The molecule has 4 nitrogen and oxygen atoms in total. The Morgan fingerprint density at radius 2 is 1.86 bits per heavy atom. The zero-order valence-electron chi connectivity index (χ0n) is 11.0. The number of esters is 1. The van der Waals surface area contributed by atoms with Gasteiger partial charge in [0.15, 0.2) is 5.69 Å². The van der Waals surface area contributed by atoms with Gasteiger partial charge in [0.25, 0.3) is 0 Å². The fourth-order valence-corrected chi connectivity index (χ4v) is 2.29. The van der Waals surface area contributed by atoms with Crippen molar-refractivity contribution in [2.24, 2.45) is 0 Å². The summed E-state index contributed by atoms with van der Waals surface area (Å²) in [4.78, 5) is 12.0. The first-order valence-corrected chi connectivity index (χ1v) is 7.16. The van der Waals surface area contributed by atoms with Crippen molar-refractivity contribution in [3.05, 3.63) is 70.3 Å². The molecule has 21 heavy (non-hydrogen) atoms. The second kappa shape index (κ2) is 6.01. The summed E-state index contributed by atoms with van der Waals surface area (Å²) in [6.07, 6.45) is 0. The molecule has 1 heterocycles. The molecule has 0 spiro atoms. The van der Waals surface area contributed by atoms with E-state index in [1.54, 1.807) is 6.07 Å². The van der Waals surface area contributed by atoms with E-state index in [0.717, 1.165) is 20.9 Å². The van der Waals surface area contributed by atoms with Crippen LogP contribution in [0.5, 0.6) is 0 Å². The van der Waals surface area contributed by atoms with Crippen LogP contribution < -0.4 is 0 Å². The van der Waals surface area contributed by atoms with E-state index in [1.165, 1.54) is 0 Å². The second-order valence-electron chi connectivity index (χ2n) is 4.49. The van der Waals surface area contributed by atoms with Crippen LogP contribution >= 0.6 is 15.9 Å². The Morgan fingerprint density at radius 1 is 1.05 bits per heavy atom. The highest BCUT2D eigenvalue weighted by Gasteiger charge is 2.11. The zero-order chi connectivity index (χ0) is 14.7. The smallest absolute Gasteiger partial charge is 0.359 e. The molecule has 0 fully saturated rings. The van der Waals surface area contributed by atoms with Crippen molar-refractivity contribution in [2.45, 2.75) is 6.61 Å². The summed E-state index contributed by atoms with van der Waals surface area (Å²) in [6, 6.07) is 16.8. The lowest BCUT2D eigenvalue weighted by Gasteiger charge is -2.05. The van der Waals surface area contributed by atoms with Crippen molar-refractivity contribution in [3.63, 3.8) is 0 Å². The van der Waals surface area contributed by atoms with Crippen LogP contribution in [0.15, 0.2) is 59.1 Å². The number of rotatable bonds is 3. The highest BCUT2D eigenvalue weighted by atomic mass is 79.9. The summed E-state index contributed by atoms with van der Waals surface area (Å²) < 4.78 is 6.16. The average Bonchev–Trinajstić information content (AvgIpc) is 2.53. The molecular weight excluding hydrogens is 332 g/mol. The number of fused-ring (bicyclic) bond motifs is 1. The Balaban J connectivity index is 1.78. The number of aromatic nitrogens is 2. The molecule has 0 amide bonds. The predicted molar refractivity (Wildman–Crippen MR) is 82.8 cm³/mol. The number of nitrogens with zero attached hydrogens (tertiary/aromatic N) is 2. The Labute approximate surface area is 129 Å². The Bertz CT molecular complexity index is 791. The van der Waals surface area contributed by atoms with Gasteiger partial charge < -0.3 is 4.74 Å². The third kappa shape index (κ3) is 3.25. The fraction of sp³-hybridized carbons (Fsp3) is 0.0625. The predicted octanol–water partition coefficient (Wildman–Crippen LogP) is 3.75. The molecule has 0 aliphatic heterocycles. The van der Waals surface area contributed by atoms with Gasteiger partial charge in [0.2, 0.25) is 0 Å². The minimum atomic E-state index is -0.478.